The van der Waals surface area contributed by atoms with Gasteiger partial charge in [-0.2, -0.15) is 4.31 Å². The third-order valence-corrected chi connectivity index (χ3v) is 7.91. The zero-order valence-electron chi connectivity index (χ0n) is 18.6. The lowest BCUT2D eigenvalue weighted by Gasteiger charge is -2.35. The van der Waals surface area contributed by atoms with Crippen LogP contribution < -0.4 is 9.64 Å². The molecule has 0 aromatic heterocycles. The second kappa shape index (κ2) is 9.67. The first-order valence-corrected chi connectivity index (χ1v) is 12.4. The minimum atomic E-state index is -4.24. The lowest BCUT2D eigenvalue weighted by Crippen LogP contribution is -2.52. The van der Waals surface area contributed by atoms with E-state index in [4.69, 9.17) is 4.74 Å². The second-order valence-electron chi connectivity index (χ2n) is 8.11. The monoisotopic (exact) mass is 493 g/mol. The molecule has 0 aliphatic carbocycles. The number of para-hydroxylation sites is 2. The Morgan fingerprint density at radius 3 is 2.50 bits per heavy atom. The van der Waals surface area contributed by atoms with Crippen molar-refractivity contribution in [2.75, 3.05) is 44.2 Å². The van der Waals surface area contributed by atoms with E-state index in [-0.39, 0.29) is 51.0 Å². The van der Waals surface area contributed by atoms with Crippen LogP contribution in [0.15, 0.2) is 47.4 Å². The van der Waals surface area contributed by atoms with E-state index in [0.29, 0.717) is 24.1 Å². The molecule has 0 saturated carbocycles. The summed E-state index contributed by atoms with van der Waals surface area (Å²) >= 11 is 0. The van der Waals surface area contributed by atoms with Gasteiger partial charge in [0.15, 0.2) is 0 Å². The molecule has 4 rings (SSSR count). The van der Waals surface area contributed by atoms with Gasteiger partial charge in [0.1, 0.15) is 22.3 Å². The summed E-state index contributed by atoms with van der Waals surface area (Å²) in [6.45, 7) is 2.56. The first-order valence-electron chi connectivity index (χ1n) is 11.0. The molecule has 2 amide bonds. The second-order valence-corrected chi connectivity index (χ2v) is 10.0. The SMILES string of the molecule is CCOc1ccccc1N1CC(C(=O)N2CCN(S(=O)(=O)c3cc(F)ccc3F)CC2)CC1=O. The summed E-state index contributed by atoms with van der Waals surface area (Å²) in [6.07, 6.45) is 0.0479. The lowest BCUT2D eigenvalue weighted by molar-refractivity contribution is -0.136. The Balaban J connectivity index is 1.41. The number of sulfonamides is 1. The topological polar surface area (TPSA) is 87.2 Å². The number of piperazine rings is 1. The number of hydrogen-bond acceptors (Lipinski definition) is 5. The molecule has 1 atom stereocenters. The lowest BCUT2D eigenvalue weighted by atomic mass is 10.1. The van der Waals surface area contributed by atoms with E-state index in [1.165, 1.54) is 4.90 Å². The Morgan fingerprint density at radius 1 is 1.09 bits per heavy atom. The molecule has 2 aromatic carbocycles. The van der Waals surface area contributed by atoms with Gasteiger partial charge >= 0.3 is 0 Å². The normalized spacial score (nSPS) is 19.5. The molecule has 2 saturated heterocycles. The minimum Gasteiger partial charge on any atom is -0.492 e. The molecule has 0 radical (unpaired) electrons. The number of carbonyl (C=O) groups excluding carboxylic acids is 2. The van der Waals surface area contributed by atoms with E-state index in [2.05, 4.69) is 0 Å². The smallest absolute Gasteiger partial charge is 0.246 e. The van der Waals surface area contributed by atoms with E-state index in [1.54, 1.807) is 29.2 Å². The molecule has 2 aromatic rings. The van der Waals surface area contributed by atoms with Crippen molar-refractivity contribution in [3.05, 3.63) is 54.1 Å². The highest BCUT2D eigenvalue weighted by atomic mass is 32.2. The summed E-state index contributed by atoms with van der Waals surface area (Å²) in [6, 6.07) is 9.41. The molecule has 8 nitrogen and oxygen atoms in total. The summed E-state index contributed by atoms with van der Waals surface area (Å²) in [5.74, 6) is -2.31. The van der Waals surface area contributed by atoms with Crippen molar-refractivity contribution >= 4 is 27.5 Å². The van der Waals surface area contributed by atoms with Crippen LogP contribution in [0.4, 0.5) is 14.5 Å². The Morgan fingerprint density at radius 2 is 1.79 bits per heavy atom. The fraction of sp³-hybridized carbons (Fsp3) is 0.391. The summed E-state index contributed by atoms with van der Waals surface area (Å²) in [5.41, 5.74) is 0.609. The average Bonchev–Trinajstić information content (AvgIpc) is 3.22. The average molecular weight is 494 g/mol. The largest absolute Gasteiger partial charge is 0.492 e. The van der Waals surface area contributed by atoms with E-state index in [1.807, 2.05) is 6.92 Å². The summed E-state index contributed by atoms with van der Waals surface area (Å²) < 4.78 is 59.7. The molecule has 11 heteroatoms. The quantitative estimate of drug-likeness (QED) is 0.616. The van der Waals surface area contributed by atoms with Gasteiger partial charge in [0, 0.05) is 39.1 Å². The van der Waals surface area contributed by atoms with Crippen LogP contribution >= 0.6 is 0 Å². The highest BCUT2D eigenvalue weighted by molar-refractivity contribution is 7.89. The van der Waals surface area contributed by atoms with E-state index in [0.717, 1.165) is 16.4 Å². The van der Waals surface area contributed by atoms with Gasteiger partial charge in [-0.25, -0.2) is 17.2 Å². The maximum Gasteiger partial charge on any atom is 0.246 e. The number of nitrogens with zero attached hydrogens (tertiary/aromatic N) is 3. The van der Waals surface area contributed by atoms with Crippen LogP contribution in [0.3, 0.4) is 0 Å². The summed E-state index contributed by atoms with van der Waals surface area (Å²) in [7, 11) is -4.24. The fourth-order valence-electron chi connectivity index (χ4n) is 4.28. The number of benzene rings is 2. The van der Waals surface area contributed by atoms with Crippen LogP contribution in [0.1, 0.15) is 13.3 Å². The molecule has 1 unspecified atom stereocenters. The molecular formula is C23H25F2N3O5S. The zero-order chi connectivity index (χ0) is 24.5. The van der Waals surface area contributed by atoms with Crippen molar-refractivity contribution in [2.45, 2.75) is 18.2 Å². The molecule has 2 heterocycles. The molecule has 0 bridgehead atoms. The summed E-state index contributed by atoms with van der Waals surface area (Å²) in [4.78, 5) is 28.1. The molecule has 0 N–H and O–H groups in total. The zero-order valence-corrected chi connectivity index (χ0v) is 19.4. The molecule has 34 heavy (non-hydrogen) atoms. The molecular weight excluding hydrogens is 468 g/mol. The number of ether oxygens (including phenoxy) is 1. The maximum absolute atomic E-state index is 14.0. The summed E-state index contributed by atoms with van der Waals surface area (Å²) in [5, 5.41) is 0. The number of halogens is 2. The van der Waals surface area contributed by atoms with Gasteiger partial charge in [-0.1, -0.05) is 12.1 Å². The molecule has 2 fully saturated rings. The number of carbonyl (C=O) groups is 2. The van der Waals surface area contributed by atoms with Crippen molar-refractivity contribution < 1.29 is 31.5 Å². The van der Waals surface area contributed by atoms with Crippen molar-refractivity contribution in [1.82, 2.24) is 9.21 Å². The van der Waals surface area contributed by atoms with Gasteiger partial charge in [0.25, 0.3) is 0 Å². The van der Waals surface area contributed by atoms with Crippen LogP contribution in [0.2, 0.25) is 0 Å². The first-order chi connectivity index (χ1) is 16.2. The van der Waals surface area contributed by atoms with Crippen molar-refractivity contribution in [1.29, 1.82) is 0 Å². The van der Waals surface area contributed by atoms with Crippen molar-refractivity contribution in [3.63, 3.8) is 0 Å². The fourth-order valence-corrected chi connectivity index (χ4v) is 5.78. The third kappa shape index (κ3) is 4.62. The third-order valence-electron chi connectivity index (χ3n) is 5.99. The first kappa shape index (κ1) is 24.1. The van der Waals surface area contributed by atoms with Crippen LogP contribution in [0.25, 0.3) is 0 Å². The molecule has 0 spiro atoms. The van der Waals surface area contributed by atoms with Crippen molar-refractivity contribution in [3.8, 4) is 5.75 Å². The standard InChI is InChI=1S/C23H25F2N3O5S/c1-2-33-20-6-4-3-5-19(20)28-15-16(13-22(28)29)23(30)26-9-11-27(12-10-26)34(31,32)21-14-17(24)7-8-18(21)25/h3-8,14,16H,2,9-13,15H2,1H3. The van der Waals surface area contributed by atoms with Crippen molar-refractivity contribution in [2.24, 2.45) is 5.92 Å². The van der Waals surface area contributed by atoms with Gasteiger partial charge < -0.3 is 14.5 Å². The highest BCUT2D eigenvalue weighted by Gasteiger charge is 2.40. The Bertz CT molecular complexity index is 1200. The van der Waals surface area contributed by atoms with Gasteiger partial charge in [0.05, 0.1) is 18.2 Å². The van der Waals surface area contributed by atoms with Gasteiger partial charge in [-0.05, 0) is 37.3 Å². The van der Waals surface area contributed by atoms with Crippen LogP contribution in [0, 0.1) is 17.6 Å². The van der Waals surface area contributed by atoms with E-state index in [9.17, 15) is 26.8 Å². The van der Waals surface area contributed by atoms with Crippen LogP contribution in [0.5, 0.6) is 5.75 Å². The number of hydrogen-bond donors (Lipinski definition) is 0. The minimum absolute atomic E-state index is 0.0479. The maximum atomic E-state index is 14.0. The molecule has 182 valence electrons. The van der Waals surface area contributed by atoms with Gasteiger partial charge in [-0.3, -0.25) is 9.59 Å². The number of anilines is 1. The van der Waals surface area contributed by atoms with E-state index < -0.39 is 32.5 Å². The van der Waals surface area contributed by atoms with E-state index >= 15 is 0 Å². The molecule has 2 aliphatic heterocycles. The number of amides is 2. The predicted molar refractivity (Wildman–Crippen MR) is 120 cm³/mol. The predicted octanol–water partition coefficient (Wildman–Crippen LogP) is 2.25. The van der Waals surface area contributed by atoms with Crippen LogP contribution in [-0.4, -0.2) is 68.8 Å². The highest BCUT2D eigenvalue weighted by Crippen LogP contribution is 2.34. The number of rotatable bonds is 6. The molecule has 2 aliphatic rings. The van der Waals surface area contributed by atoms with Crippen LogP contribution in [-0.2, 0) is 19.6 Å². The Hall–Kier alpha value is -3.05. The van der Waals surface area contributed by atoms with Gasteiger partial charge in [0.2, 0.25) is 21.8 Å². The Kier molecular flexibility index (Phi) is 6.85. The van der Waals surface area contributed by atoms with Gasteiger partial charge in [-0.15, -0.1) is 0 Å². The Labute approximate surface area is 196 Å².